The van der Waals surface area contributed by atoms with Gasteiger partial charge in [0.2, 0.25) is 0 Å². The summed E-state index contributed by atoms with van der Waals surface area (Å²) in [4.78, 5) is 13.9. The van der Waals surface area contributed by atoms with E-state index in [1.165, 1.54) is 0 Å². The van der Waals surface area contributed by atoms with Crippen LogP contribution < -0.4 is 10.2 Å². The first-order valence-electron chi connectivity index (χ1n) is 9.72. The van der Waals surface area contributed by atoms with Crippen molar-refractivity contribution in [2.75, 3.05) is 25.1 Å². The van der Waals surface area contributed by atoms with Gasteiger partial charge in [-0.1, -0.05) is 24.3 Å². The Balaban J connectivity index is 1.38. The highest BCUT2D eigenvalue weighted by atomic mass is 16.5. The van der Waals surface area contributed by atoms with E-state index in [4.69, 9.17) is 4.74 Å². The third kappa shape index (κ3) is 4.51. The molecular weight excluding hydrogens is 366 g/mol. The van der Waals surface area contributed by atoms with Crippen LogP contribution in [0.2, 0.25) is 0 Å². The van der Waals surface area contributed by atoms with Crippen LogP contribution in [0.3, 0.4) is 0 Å². The molecule has 2 aromatic carbocycles. The van der Waals surface area contributed by atoms with Gasteiger partial charge in [0.05, 0.1) is 11.9 Å². The summed E-state index contributed by atoms with van der Waals surface area (Å²) in [6.45, 7) is 3.67. The number of rotatable bonds is 6. The monoisotopic (exact) mass is 389 g/mol. The van der Waals surface area contributed by atoms with E-state index >= 15 is 0 Å². The number of fused-ring (bicyclic) bond motifs is 1. The van der Waals surface area contributed by atoms with Crippen molar-refractivity contribution < 1.29 is 9.53 Å². The first kappa shape index (κ1) is 18.9. The van der Waals surface area contributed by atoms with Crippen molar-refractivity contribution in [2.45, 2.75) is 19.8 Å². The van der Waals surface area contributed by atoms with E-state index in [1.807, 2.05) is 60.4 Å². The van der Waals surface area contributed by atoms with E-state index in [9.17, 15) is 4.79 Å². The van der Waals surface area contributed by atoms with Crippen molar-refractivity contribution in [3.8, 4) is 5.75 Å². The Morgan fingerprint density at radius 1 is 1.14 bits per heavy atom. The summed E-state index contributed by atoms with van der Waals surface area (Å²) >= 11 is 0. The minimum atomic E-state index is 0.0460. The summed E-state index contributed by atoms with van der Waals surface area (Å²) in [5, 5.41) is 14.5. The lowest BCUT2D eigenvalue weighted by molar-refractivity contribution is -0.132. The number of ether oxygens (including phenoxy) is 1. The summed E-state index contributed by atoms with van der Waals surface area (Å²) in [5.41, 5.74) is 4.76. The Kier molecular flexibility index (Phi) is 5.65. The maximum absolute atomic E-state index is 12.1. The Bertz CT molecular complexity index is 1020. The normalized spacial score (nSPS) is 14.2. The van der Waals surface area contributed by atoms with Gasteiger partial charge in [-0.2, -0.15) is 10.2 Å². The molecule has 7 nitrogen and oxygen atoms in total. The molecule has 4 rings (SSSR count). The Hall–Kier alpha value is -3.48. The number of likely N-dealkylation sites (tertiary alicyclic amines) is 1. The molecule has 0 radical (unpaired) electrons. The smallest absolute Gasteiger partial charge is 0.260 e. The van der Waals surface area contributed by atoms with Crippen LogP contribution in [0.1, 0.15) is 25.3 Å². The SMILES string of the molecule is C/C(=N/Nc1nncc2ccccc12)c1ccc(OCC(=O)N2CCCC2)cc1. The van der Waals surface area contributed by atoms with Gasteiger partial charge in [-0.05, 0) is 49.6 Å². The molecule has 1 aliphatic heterocycles. The van der Waals surface area contributed by atoms with Crippen molar-refractivity contribution in [2.24, 2.45) is 5.10 Å². The Morgan fingerprint density at radius 2 is 1.90 bits per heavy atom. The quantitative estimate of drug-likeness (QED) is 0.516. The minimum Gasteiger partial charge on any atom is -0.484 e. The van der Waals surface area contributed by atoms with Crippen LogP contribution in [0.5, 0.6) is 5.75 Å². The summed E-state index contributed by atoms with van der Waals surface area (Å²) in [6.07, 6.45) is 3.89. The van der Waals surface area contributed by atoms with Gasteiger partial charge in [0.15, 0.2) is 12.4 Å². The van der Waals surface area contributed by atoms with E-state index in [2.05, 4.69) is 20.7 Å². The predicted octanol–water partition coefficient (Wildman–Crippen LogP) is 3.47. The van der Waals surface area contributed by atoms with Gasteiger partial charge in [-0.25, -0.2) is 0 Å². The number of anilines is 1. The molecule has 1 aliphatic rings. The van der Waals surface area contributed by atoms with Gasteiger partial charge < -0.3 is 9.64 Å². The van der Waals surface area contributed by atoms with E-state index in [0.717, 1.165) is 48.0 Å². The summed E-state index contributed by atoms with van der Waals surface area (Å²) in [5.74, 6) is 1.33. The molecule has 3 aromatic rings. The number of hydrogen-bond acceptors (Lipinski definition) is 6. The molecule has 0 bridgehead atoms. The number of amides is 1. The van der Waals surface area contributed by atoms with Gasteiger partial charge in [0.1, 0.15) is 5.75 Å². The molecule has 0 saturated carbocycles. The first-order valence-corrected chi connectivity index (χ1v) is 9.72. The van der Waals surface area contributed by atoms with Crippen molar-refractivity contribution in [3.63, 3.8) is 0 Å². The summed E-state index contributed by atoms with van der Waals surface area (Å²) in [6, 6.07) is 15.4. The second-order valence-corrected chi connectivity index (χ2v) is 6.99. The number of carbonyl (C=O) groups excluding carboxylic acids is 1. The molecule has 1 amide bonds. The third-order valence-corrected chi connectivity index (χ3v) is 4.99. The van der Waals surface area contributed by atoms with E-state index in [0.29, 0.717) is 11.6 Å². The fraction of sp³-hybridized carbons (Fsp3) is 0.273. The predicted molar refractivity (Wildman–Crippen MR) is 113 cm³/mol. The topological polar surface area (TPSA) is 79.7 Å². The minimum absolute atomic E-state index is 0.0460. The standard InChI is InChI=1S/C22H23N5O2/c1-16(24-26-22-20-7-3-2-6-18(20)14-23-25-22)17-8-10-19(11-9-17)29-15-21(28)27-12-4-5-13-27/h2-3,6-11,14H,4-5,12-13,15H2,1H3,(H,25,26)/b24-16-. The zero-order valence-corrected chi connectivity index (χ0v) is 16.3. The fourth-order valence-electron chi connectivity index (χ4n) is 3.31. The van der Waals surface area contributed by atoms with Gasteiger partial charge in [0.25, 0.3) is 5.91 Å². The molecule has 1 N–H and O–H groups in total. The molecule has 0 aliphatic carbocycles. The Morgan fingerprint density at radius 3 is 2.69 bits per heavy atom. The average Bonchev–Trinajstić information content (AvgIpc) is 3.31. The van der Waals surface area contributed by atoms with Crippen molar-refractivity contribution in [1.82, 2.24) is 15.1 Å². The highest BCUT2D eigenvalue weighted by Crippen LogP contribution is 2.19. The molecule has 29 heavy (non-hydrogen) atoms. The number of hydrazone groups is 1. The van der Waals surface area contributed by atoms with Gasteiger partial charge in [-0.3, -0.25) is 10.2 Å². The fourth-order valence-corrected chi connectivity index (χ4v) is 3.31. The zero-order valence-electron chi connectivity index (χ0n) is 16.3. The molecule has 0 atom stereocenters. The maximum Gasteiger partial charge on any atom is 0.260 e. The van der Waals surface area contributed by atoms with Crippen molar-refractivity contribution in [1.29, 1.82) is 0 Å². The molecule has 0 spiro atoms. The van der Waals surface area contributed by atoms with Crippen LogP contribution in [0.4, 0.5) is 5.82 Å². The van der Waals surface area contributed by atoms with E-state index in [-0.39, 0.29) is 12.5 Å². The molecule has 2 heterocycles. The molecule has 1 aromatic heterocycles. The summed E-state index contributed by atoms with van der Waals surface area (Å²) < 4.78 is 5.63. The van der Waals surface area contributed by atoms with E-state index < -0.39 is 0 Å². The average molecular weight is 389 g/mol. The molecule has 1 fully saturated rings. The van der Waals surface area contributed by atoms with Gasteiger partial charge in [0, 0.05) is 23.9 Å². The summed E-state index contributed by atoms with van der Waals surface area (Å²) in [7, 11) is 0. The van der Waals surface area contributed by atoms with Crippen LogP contribution in [0.15, 0.2) is 59.8 Å². The van der Waals surface area contributed by atoms with Crippen LogP contribution in [0.25, 0.3) is 10.8 Å². The van der Waals surface area contributed by atoms with Crippen LogP contribution in [-0.4, -0.2) is 46.4 Å². The van der Waals surface area contributed by atoms with Crippen molar-refractivity contribution in [3.05, 3.63) is 60.3 Å². The number of carbonyl (C=O) groups is 1. The number of hydrogen-bond donors (Lipinski definition) is 1. The second kappa shape index (κ2) is 8.68. The highest BCUT2D eigenvalue weighted by Gasteiger charge is 2.18. The van der Waals surface area contributed by atoms with E-state index in [1.54, 1.807) is 6.20 Å². The second-order valence-electron chi connectivity index (χ2n) is 6.99. The largest absolute Gasteiger partial charge is 0.484 e. The first-order chi connectivity index (χ1) is 14.2. The van der Waals surface area contributed by atoms with Crippen LogP contribution in [0, 0.1) is 0 Å². The lowest BCUT2D eigenvalue weighted by Crippen LogP contribution is -2.32. The lowest BCUT2D eigenvalue weighted by Gasteiger charge is -2.15. The van der Waals surface area contributed by atoms with Crippen LogP contribution >= 0.6 is 0 Å². The van der Waals surface area contributed by atoms with Gasteiger partial charge >= 0.3 is 0 Å². The number of aromatic nitrogens is 2. The molecule has 0 unspecified atom stereocenters. The highest BCUT2D eigenvalue weighted by molar-refractivity contribution is 5.99. The molecule has 148 valence electrons. The van der Waals surface area contributed by atoms with Crippen molar-refractivity contribution >= 4 is 28.2 Å². The Labute approximate surface area is 169 Å². The molecular formula is C22H23N5O2. The maximum atomic E-state index is 12.1. The zero-order chi connectivity index (χ0) is 20.1. The number of nitrogens with one attached hydrogen (secondary N) is 1. The van der Waals surface area contributed by atoms with Gasteiger partial charge in [-0.15, -0.1) is 5.10 Å². The lowest BCUT2D eigenvalue weighted by atomic mass is 10.1. The molecule has 1 saturated heterocycles. The number of benzene rings is 2. The number of nitrogens with zero attached hydrogens (tertiary/aromatic N) is 4. The third-order valence-electron chi connectivity index (χ3n) is 4.99. The van der Waals surface area contributed by atoms with Crippen LogP contribution in [-0.2, 0) is 4.79 Å². The molecule has 7 heteroatoms.